The van der Waals surface area contributed by atoms with E-state index in [-0.39, 0.29) is 12.1 Å². The van der Waals surface area contributed by atoms with Crippen molar-refractivity contribution in [2.45, 2.75) is 58.1 Å². The van der Waals surface area contributed by atoms with E-state index >= 15 is 0 Å². The first-order valence-electron chi connectivity index (χ1n) is 7.86. The third-order valence-electron chi connectivity index (χ3n) is 3.95. The lowest BCUT2D eigenvalue weighted by atomic mass is 9.98. The van der Waals surface area contributed by atoms with Gasteiger partial charge in [0.05, 0.1) is 12.7 Å². The number of aryl methyl sites for hydroxylation is 1. The largest absolute Gasteiger partial charge is 0.493 e. The zero-order chi connectivity index (χ0) is 14.4. The predicted octanol–water partition coefficient (Wildman–Crippen LogP) is 3.09. The zero-order valence-electron chi connectivity index (χ0n) is 12.7. The Kier molecular flexibility index (Phi) is 5.86. The maximum absolute atomic E-state index is 6.30. The van der Waals surface area contributed by atoms with Crippen LogP contribution in [0.2, 0.25) is 0 Å². The summed E-state index contributed by atoms with van der Waals surface area (Å²) in [6.07, 6.45) is 5.39. The molecule has 20 heavy (non-hydrogen) atoms. The van der Waals surface area contributed by atoms with E-state index < -0.39 is 0 Å². The van der Waals surface area contributed by atoms with Gasteiger partial charge in [-0.15, -0.1) is 0 Å². The van der Waals surface area contributed by atoms with Crippen LogP contribution in [0.3, 0.4) is 0 Å². The SMILES string of the molecule is CCCC(OCC)C(N)CCc1ccc2c(c1)CCO2. The molecule has 1 heterocycles. The molecular formula is C17H27NO2. The van der Waals surface area contributed by atoms with E-state index in [0.717, 1.165) is 51.1 Å². The molecule has 1 aliphatic heterocycles. The second-order valence-electron chi connectivity index (χ2n) is 5.53. The van der Waals surface area contributed by atoms with Crippen molar-refractivity contribution in [1.29, 1.82) is 0 Å². The zero-order valence-corrected chi connectivity index (χ0v) is 12.7. The fraction of sp³-hybridized carbons (Fsp3) is 0.647. The molecule has 0 spiro atoms. The molecule has 0 radical (unpaired) electrons. The highest BCUT2D eigenvalue weighted by Crippen LogP contribution is 2.26. The number of hydrogen-bond acceptors (Lipinski definition) is 3. The molecule has 2 N–H and O–H groups in total. The van der Waals surface area contributed by atoms with Gasteiger partial charge in [-0.2, -0.15) is 0 Å². The Balaban J connectivity index is 1.87. The van der Waals surface area contributed by atoms with Crippen LogP contribution < -0.4 is 10.5 Å². The summed E-state index contributed by atoms with van der Waals surface area (Å²) in [6, 6.07) is 6.64. The van der Waals surface area contributed by atoms with Crippen molar-refractivity contribution >= 4 is 0 Å². The van der Waals surface area contributed by atoms with Crippen molar-refractivity contribution in [3.8, 4) is 5.75 Å². The summed E-state index contributed by atoms with van der Waals surface area (Å²) in [5.74, 6) is 1.05. The summed E-state index contributed by atoms with van der Waals surface area (Å²) in [6.45, 7) is 5.78. The number of nitrogens with two attached hydrogens (primary N) is 1. The molecule has 0 fully saturated rings. The molecular weight excluding hydrogens is 250 g/mol. The van der Waals surface area contributed by atoms with Gasteiger partial charge in [-0.1, -0.05) is 25.5 Å². The van der Waals surface area contributed by atoms with Crippen LogP contribution in [-0.4, -0.2) is 25.4 Å². The van der Waals surface area contributed by atoms with E-state index in [1.807, 2.05) is 6.92 Å². The minimum atomic E-state index is 0.124. The molecule has 2 rings (SSSR count). The topological polar surface area (TPSA) is 44.5 Å². The van der Waals surface area contributed by atoms with E-state index in [1.165, 1.54) is 11.1 Å². The Bertz CT molecular complexity index is 413. The van der Waals surface area contributed by atoms with Crippen molar-refractivity contribution in [1.82, 2.24) is 0 Å². The lowest BCUT2D eigenvalue weighted by Gasteiger charge is -2.23. The minimum absolute atomic E-state index is 0.124. The van der Waals surface area contributed by atoms with Gasteiger partial charge in [0.15, 0.2) is 0 Å². The standard InChI is InChI=1S/C17H27NO2/c1-3-5-17(19-4-2)15(18)8-6-13-7-9-16-14(12-13)10-11-20-16/h7,9,12,15,17H,3-6,8,10-11,18H2,1-2H3. The van der Waals surface area contributed by atoms with Crippen molar-refractivity contribution in [2.75, 3.05) is 13.2 Å². The minimum Gasteiger partial charge on any atom is -0.493 e. The van der Waals surface area contributed by atoms with E-state index in [0.29, 0.717) is 0 Å². The maximum atomic E-state index is 6.30. The average Bonchev–Trinajstić information content (AvgIpc) is 2.92. The van der Waals surface area contributed by atoms with Gasteiger partial charge >= 0.3 is 0 Å². The number of hydrogen-bond donors (Lipinski definition) is 1. The molecule has 0 bridgehead atoms. The van der Waals surface area contributed by atoms with Gasteiger partial charge in [-0.05, 0) is 43.4 Å². The van der Waals surface area contributed by atoms with Crippen LogP contribution in [0, 0.1) is 0 Å². The Hall–Kier alpha value is -1.06. The molecule has 1 aromatic carbocycles. The number of rotatable bonds is 8. The number of ether oxygens (including phenoxy) is 2. The van der Waals surface area contributed by atoms with Gasteiger partial charge in [0, 0.05) is 19.1 Å². The molecule has 3 heteroatoms. The van der Waals surface area contributed by atoms with E-state index in [4.69, 9.17) is 15.2 Å². The van der Waals surface area contributed by atoms with Crippen LogP contribution in [-0.2, 0) is 17.6 Å². The molecule has 3 nitrogen and oxygen atoms in total. The quantitative estimate of drug-likeness (QED) is 0.794. The summed E-state index contributed by atoms with van der Waals surface area (Å²) < 4.78 is 11.3. The van der Waals surface area contributed by atoms with Gasteiger partial charge in [0.25, 0.3) is 0 Å². The first-order valence-corrected chi connectivity index (χ1v) is 7.86. The normalized spacial score (nSPS) is 16.6. The third kappa shape index (κ3) is 3.97. The van der Waals surface area contributed by atoms with Crippen molar-refractivity contribution in [3.05, 3.63) is 29.3 Å². The van der Waals surface area contributed by atoms with E-state index in [1.54, 1.807) is 0 Å². The number of fused-ring (bicyclic) bond motifs is 1. The van der Waals surface area contributed by atoms with Gasteiger partial charge < -0.3 is 15.2 Å². The molecule has 0 amide bonds. The fourth-order valence-corrected chi connectivity index (χ4v) is 2.83. The maximum Gasteiger partial charge on any atom is 0.122 e. The lowest BCUT2D eigenvalue weighted by molar-refractivity contribution is 0.0359. The molecule has 2 unspecified atom stereocenters. The summed E-state index contributed by atoms with van der Waals surface area (Å²) in [7, 11) is 0. The van der Waals surface area contributed by atoms with Crippen LogP contribution in [0.25, 0.3) is 0 Å². The molecule has 0 saturated heterocycles. The summed E-state index contributed by atoms with van der Waals surface area (Å²) in [4.78, 5) is 0. The molecule has 1 aromatic rings. The Morgan fingerprint density at radius 2 is 2.15 bits per heavy atom. The van der Waals surface area contributed by atoms with Gasteiger partial charge in [0.2, 0.25) is 0 Å². The highest BCUT2D eigenvalue weighted by atomic mass is 16.5. The molecule has 1 aliphatic rings. The Morgan fingerprint density at radius 1 is 1.30 bits per heavy atom. The molecule has 2 atom stereocenters. The first-order chi connectivity index (χ1) is 9.74. The van der Waals surface area contributed by atoms with Crippen LogP contribution in [0.15, 0.2) is 18.2 Å². The van der Waals surface area contributed by atoms with Crippen LogP contribution in [0.4, 0.5) is 0 Å². The first kappa shape index (κ1) is 15.3. The van der Waals surface area contributed by atoms with Crippen LogP contribution in [0.1, 0.15) is 44.2 Å². The molecule has 0 saturated carbocycles. The smallest absolute Gasteiger partial charge is 0.122 e. The summed E-state index contributed by atoms with van der Waals surface area (Å²) in [5.41, 5.74) is 9.00. The van der Waals surface area contributed by atoms with Crippen molar-refractivity contribution < 1.29 is 9.47 Å². The Morgan fingerprint density at radius 3 is 2.90 bits per heavy atom. The van der Waals surface area contributed by atoms with Crippen molar-refractivity contribution in [3.63, 3.8) is 0 Å². The van der Waals surface area contributed by atoms with Gasteiger partial charge in [0.1, 0.15) is 5.75 Å². The van der Waals surface area contributed by atoms with Crippen molar-refractivity contribution in [2.24, 2.45) is 5.73 Å². The van der Waals surface area contributed by atoms with Crippen LogP contribution in [0.5, 0.6) is 5.75 Å². The second-order valence-corrected chi connectivity index (χ2v) is 5.53. The Labute approximate surface area is 122 Å². The average molecular weight is 277 g/mol. The summed E-state index contributed by atoms with van der Waals surface area (Å²) in [5, 5.41) is 0. The monoisotopic (exact) mass is 277 g/mol. The second kappa shape index (κ2) is 7.65. The summed E-state index contributed by atoms with van der Waals surface area (Å²) >= 11 is 0. The van der Waals surface area contributed by atoms with Gasteiger partial charge in [-0.3, -0.25) is 0 Å². The number of benzene rings is 1. The molecule has 0 aliphatic carbocycles. The fourth-order valence-electron chi connectivity index (χ4n) is 2.83. The van der Waals surface area contributed by atoms with E-state index in [9.17, 15) is 0 Å². The van der Waals surface area contributed by atoms with E-state index in [2.05, 4.69) is 25.1 Å². The molecule has 112 valence electrons. The van der Waals surface area contributed by atoms with Gasteiger partial charge in [-0.25, -0.2) is 0 Å². The lowest BCUT2D eigenvalue weighted by Crippen LogP contribution is -2.37. The third-order valence-corrected chi connectivity index (χ3v) is 3.95. The van der Waals surface area contributed by atoms with Crippen LogP contribution >= 0.6 is 0 Å². The predicted molar refractivity (Wildman–Crippen MR) is 82.3 cm³/mol. The highest BCUT2D eigenvalue weighted by molar-refractivity contribution is 5.39. The molecule has 0 aromatic heterocycles. The highest BCUT2D eigenvalue weighted by Gasteiger charge is 2.18.